The molecule has 1 saturated carbocycles. The summed E-state index contributed by atoms with van der Waals surface area (Å²) in [6.07, 6.45) is 3.40. The first-order valence-corrected chi connectivity index (χ1v) is 16.8. The molecule has 1 N–H and O–H groups in total. The molecule has 0 saturated heterocycles. The summed E-state index contributed by atoms with van der Waals surface area (Å²) < 4.78 is 48.3. The summed E-state index contributed by atoms with van der Waals surface area (Å²) >= 11 is 7.03. The van der Waals surface area contributed by atoms with E-state index >= 15 is 0 Å². The molecule has 1 fully saturated rings. The second-order valence-corrected chi connectivity index (χ2v) is 13.6. The van der Waals surface area contributed by atoms with Crippen LogP contribution in [-0.4, -0.2) is 42.8 Å². The molecule has 2 heterocycles. The minimum absolute atomic E-state index is 0. The first kappa shape index (κ1) is 35.7. The normalized spacial score (nSPS) is 13.9. The largest absolute Gasteiger partial charge is 1.00 e. The molecule has 1 aliphatic carbocycles. The predicted octanol–water partition coefficient (Wildman–Crippen LogP) is -4.48. The first-order chi connectivity index (χ1) is 19.5. The number of hydrogen-bond donors (Lipinski definition) is 1. The number of nitrogens with zero attached hydrogens (tertiary/aromatic N) is 4. The number of aromatic nitrogens is 4. The number of aliphatic carboxylic acids is 1. The van der Waals surface area contributed by atoms with Crippen molar-refractivity contribution in [3.8, 4) is 23.0 Å². The standard InChI is InChI=1S/C27H26Cl2N4O4.IO4.Na/c1-26(2,25(34)35)14-36-18-7-8-19(20(29)12-18)22-32-21-23(30-15-31-24(21)37-27(3)9-10-27)33(22)13-16-5-4-6-17(28)11-16;2-1(3,4)5;/h4-8,11-12,15H,9-10,13-14H2,1-3H3,(H,34,35);;/q;-1;+1. The average Bonchev–Trinajstić information content (AvgIpc) is 3.50. The summed E-state index contributed by atoms with van der Waals surface area (Å²) in [6.45, 7) is 5.70. The van der Waals surface area contributed by atoms with Crippen LogP contribution in [0.4, 0.5) is 0 Å². The van der Waals surface area contributed by atoms with Crippen molar-refractivity contribution in [3.05, 3.63) is 64.4 Å². The van der Waals surface area contributed by atoms with Gasteiger partial charge in [0.15, 0.2) is 11.2 Å². The fourth-order valence-electron chi connectivity index (χ4n) is 3.77. The van der Waals surface area contributed by atoms with Gasteiger partial charge in [-0.05, 0) is 69.5 Å². The molecule has 5 rings (SSSR count). The van der Waals surface area contributed by atoms with E-state index in [0.717, 1.165) is 18.4 Å². The van der Waals surface area contributed by atoms with Crippen LogP contribution >= 0.6 is 23.2 Å². The minimum atomic E-state index is -5.94. The van der Waals surface area contributed by atoms with E-state index in [1.54, 1.807) is 32.0 Å². The van der Waals surface area contributed by atoms with Gasteiger partial charge in [0.1, 0.15) is 50.2 Å². The maximum absolute atomic E-state index is 11.4. The van der Waals surface area contributed by atoms with Crippen molar-refractivity contribution in [2.45, 2.75) is 45.8 Å². The summed E-state index contributed by atoms with van der Waals surface area (Å²) in [6, 6.07) is 12.8. The number of halogens is 3. The van der Waals surface area contributed by atoms with E-state index in [1.165, 1.54) is 6.33 Å². The van der Waals surface area contributed by atoms with Gasteiger partial charge in [-0.1, -0.05) is 35.3 Å². The number of fused-ring (bicyclic) bond motifs is 1. The van der Waals surface area contributed by atoms with Crippen LogP contribution in [0.5, 0.6) is 11.6 Å². The number of carboxylic acids is 1. The van der Waals surface area contributed by atoms with Gasteiger partial charge in [-0.3, -0.25) is 18.5 Å². The summed E-state index contributed by atoms with van der Waals surface area (Å²) in [5, 5.41) is 10.4. The van der Waals surface area contributed by atoms with Crippen LogP contribution in [0.2, 0.25) is 10.0 Å². The molecule has 224 valence electrons. The van der Waals surface area contributed by atoms with Crippen LogP contribution < -0.4 is 72.9 Å². The van der Waals surface area contributed by atoms with Gasteiger partial charge in [0, 0.05) is 10.6 Å². The van der Waals surface area contributed by atoms with Gasteiger partial charge in [0.05, 0.1) is 17.0 Å². The molecular formula is C27H26Cl2IN4NaO8. The fraction of sp³-hybridized carbons (Fsp3) is 0.333. The van der Waals surface area contributed by atoms with Crippen molar-refractivity contribution < 1.29 is 82.8 Å². The van der Waals surface area contributed by atoms with Gasteiger partial charge >= 0.3 is 35.5 Å². The minimum Gasteiger partial charge on any atom is -0.492 e. The molecule has 0 atom stereocenters. The molecule has 1 aliphatic rings. The Morgan fingerprint density at radius 3 is 2.37 bits per heavy atom. The molecule has 0 unspecified atom stereocenters. The van der Waals surface area contributed by atoms with Crippen LogP contribution in [0.15, 0.2) is 48.8 Å². The maximum atomic E-state index is 11.4. The molecule has 0 bridgehead atoms. The quantitative estimate of drug-likeness (QED) is 0.128. The average molecular weight is 755 g/mol. The third-order valence-corrected chi connectivity index (χ3v) is 6.93. The van der Waals surface area contributed by atoms with E-state index in [1.807, 2.05) is 35.8 Å². The van der Waals surface area contributed by atoms with Crippen molar-refractivity contribution in [2.75, 3.05) is 6.61 Å². The van der Waals surface area contributed by atoms with E-state index in [0.29, 0.717) is 50.8 Å². The van der Waals surface area contributed by atoms with Gasteiger partial charge in [0.25, 0.3) is 0 Å². The Morgan fingerprint density at radius 2 is 1.79 bits per heavy atom. The molecule has 2 aromatic heterocycles. The Morgan fingerprint density at radius 1 is 1.12 bits per heavy atom. The van der Waals surface area contributed by atoms with Gasteiger partial charge in [-0.15, -0.1) is 0 Å². The third kappa shape index (κ3) is 9.85. The Hall–Kier alpha value is -1.79. The van der Waals surface area contributed by atoms with Gasteiger partial charge in [0.2, 0.25) is 5.88 Å². The van der Waals surface area contributed by atoms with Gasteiger partial charge in [-0.2, -0.15) is 4.98 Å². The smallest absolute Gasteiger partial charge is 0.492 e. The monoisotopic (exact) mass is 754 g/mol. The number of carbonyl (C=O) groups is 1. The number of hydrogen-bond acceptors (Lipinski definition) is 10. The summed E-state index contributed by atoms with van der Waals surface area (Å²) in [7, 11) is 0. The zero-order chi connectivity index (χ0) is 30.9. The Kier molecular flexibility index (Phi) is 11.7. The van der Waals surface area contributed by atoms with Crippen LogP contribution in [0.25, 0.3) is 22.6 Å². The number of rotatable bonds is 9. The maximum Gasteiger partial charge on any atom is 1.00 e. The van der Waals surface area contributed by atoms with Crippen LogP contribution in [-0.2, 0) is 11.3 Å². The SMILES string of the molecule is CC1(Oc2ncnc3c2nc(-c2ccc(OCC(C)(C)C(=O)O)cc2Cl)n3Cc2cccc(Cl)c2)CC1.[Na+].[O-][I+3]([O-])([O-])[O-]. The number of imidazole rings is 1. The molecule has 2 aromatic carbocycles. The van der Waals surface area contributed by atoms with Gasteiger partial charge < -0.3 is 19.1 Å². The van der Waals surface area contributed by atoms with Crippen molar-refractivity contribution in [1.82, 2.24) is 19.5 Å². The fourth-order valence-corrected chi connectivity index (χ4v) is 4.24. The van der Waals surface area contributed by atoms with E-state index in [2.05, 4.69) is 9.97 Å². The molecule has 4 aromatic rings. The molecule has 0 radical (unpaired) electrons. The van der Waals surface area contributed by atoms with Crippen molar-refractivity contribution in [2.24, 2.45) is 5.41 Å². The molecule has 0 aliphatic heterocycles. The Balaban J connectivity index is 0.000000781. The van der Waals surface area contributed by atoms with Crippen LogP contribution in [0.1, 0.15) is 39.2 Å². The van der Waals surface area contributed by atoms with Crippen molar-refractivity contribution in [1.29, 1.82) is 0 Å². The van der Waals surface area contributed by atoms with Crippen molar-refractivity contribution in [3.63, 3.8) is 0 Å². The topological polar surface area (TPSA) is 192 Å². The zero-order valence-electron chi connectivity index (χ0n) is 23.7. The molecule has 0 amide bonds. The van der Waals surface area contributed by atoms with Crippen molar-refractivity contribution >= 4 is 40.3 Å². The summed E-state index contributed by atoms with van der Waals surface area (Å²) in [5.41, 5.74) is 1.52. The van der Waals surface area contributed by atoms with Gasteiger partial charge in [-0.25, -0.2) is 9.97 Å². The van der Waals surface area contributed by atoms with Crippen LogP contribution in [0.3, 0.4) is 0 Å². The Bertz CT molecular complexity index is 1610. The van der Waals surface area contributed by atoms with E-state index < -0.39 is 31.5 Å². The van der Waals surface area contributed by atoms with E-state index in [9.17, 15) is 9.90 Å². The second-order valence-electron chi connectivity index (χ2n) is 10.6. The number of benzene rings is 2. The van der Waals surface area contributed by atoms with Crippen LogP contribution in [0, 0.1) is 5.41 Å². The molecule has 0 spiro atoms. The number of carboxylic acid groups (broad SMARTS) is 1. The van der Waals surface area contributed by atoms with E-state index in [-0.39, 0.29) is 41.8 Å². The molecule has 43 heavy (non-hydrogen) atoms. The number of ether oxygens (including phenoxy) is 2. The molecule has 16 heteroatoms. The summed E-state index contributed by atoms with van der Waals surface area (Å²) in [4.78, 5) is 25.2. The second kappa shape index (κ2) is 14.1. The first-order valence-electron chi connectivity index (χ1n) is 12.5. The van der Waals surface area contributed by atoms with E-state index in [4.69, 9.17) is 51.4 Å². The summed E-state index contributed by atoms with van der Waals surface area (Å²) in [5.74, 6) is 0.543. The predicted molar refractivity (Wildman–Crippen MR) is 142 cm³/mol. The zero-order valence-corrected chi connectivity index (χ0v) is 29.3. The molecular weight excluding hydrogens is 729 g/mol. The molecule has 12 nitrogen and oxygen atoms in total. The Labute approximate surface area is 285 Å². The third-order valence-electron chi connectivity index (χ3n) is 6.39.